The van der Waals surface area contributed by atoms with Crippen LogP contribution in [0.5, 0.6) is 5.75 Å². The maximum atomic E-state index is 10.9. The van der Waals surface area contributed by atoms with Crippen LogP contribution in [0.3, 0.4) is 0 Å². The Morgan fingerprint density at radius 1 is 1.44 bits per heavy atom. The summed E-state index contributed by atoms with van der Waals surface area (Å²) in [4.78, 5) is 10.9. The second-order valence-corrected chi connectivity index (χ2v) is 4.07. The van der Waals surface area contributed by atoms with Crippen LogP contribution in [0.2, 0.25) is 0 Å². The summed E-state index contributed by atoms with van der Waals surface area (Å²) in [6, 6.07) is 5.78. The molecule has 0 saturated carbocycles. The lowest BCUT2D eigenvalue weighted by Gasteiger charge is -2.24. The van der Waals surface area contributed by atoms with Crippen LogP contribution in [0.25, 0.3) is 0 Å². The Morgan fingerprint density at radius 2 is 2.25 bits per heavy atom. The maximum absolute atomic E-state index is 10.9. The van der Waals surface area contributed by atoms with Crippen LogP contribution in [0.1, 0.15) is 37.0 Å². The Labute approximate surface area is 95.4 Å². The number of methoxy groups -OCH3 is 1. The number of hydrogen-bond donors (Lipinski definition) is 0. The predicted molar refractivity (Wildman–Crippen MR) is 60.4 cm³/mol. The Morgan fingerprint density at radius 3 is 2.94 bits per heavy atom. The molecular weight excluding hydrogens is 204 g/mol. The molecular formula is C13H16O3. The van der Waals surface area contributed by atoms with Gasteiger partial charge in [-0.25, -0.2) is 0 Å². The van der Waals surface area contributed by atoms with Gasteiger partial charge in [-0.1, -0.05) is 6.07 Å². The molecule has 86 valence electrons. The molecule has 0 radical (unpaired) electrons. The molecule has 1 atom stereocenters. The van der Waals surface area contributed by atoms with Gasteiger partial charge in [0, 0.05) is 14.0 Å². The monoisotopic (exact) mass is 220 g/mol. The van der Waals surface area contributed by atoms with E-state index >= 15 is 0 Å². The molecule has 1 aromatic carbocycles. The van der Waals surface area contributed by atoms with Crippen LogP contribution in [0.15, 0.2) is 18.2 Å². The summed E-state index contributed by atoms with van der Waals surface area (Å²) >= 11 is 0. The van der Waals surface area contributed by atoms with Gasteiger partial charge >= 0.3 is 5.97 Å². The topological polar surface area (TPSA) is 35.5 Å². The number of ether oxygens (including phenoxy) is 2. The zero-order valence-electron chi connectivity index (χ0n) is 9.66. The highest BCUT2D eigenvalue weighted by atomic mass is 16.5. The molecule has 3 nitrogen and oxygen atoms in total. The molecule has 1 aromatic rings. The molecule has 0 bridgehead atoms. The highest BCUT2D eigenvalue weighted by Gasteiger charge is 2.20. The van der Waals surface area contributed by atoms with Gasteiger partial charge in [-0.3, -0.25) is 4.79 Å². The van der Waals surface area contributed by atoms with Gasteiger partial charge in [0.15, 0.2) is 0 Å². The molecule has 0 fully saturated rings. The van der Waals surface area contributed by atoms with Crippen molar-refractivity contribution < 1.29 is 14.3 Å². The summed E-state index contributed by atoms with van der Waals surface area (Å²) in [7, 11) is 1.74. The molecule has 0 aromatic heterocycles. The lowest BCUT2D eigenvalue weighted by atomic mass is 9.89. The van der Waals surface area contributed by atoms with Crippen molar-refractivity contribution in [2.75, 3.05) is 7.11 Å². The lowest BCUT2D eigenvalue weighted by molar-refractivity contribution is -0.131. The van der Waals surface area contributed by atoms with Crippen LogP contribution < -0.4 is 4.74 Å². The van der Waals surface area contributed by atoms with E-state index in [1.54, 1.807) is 7.11 Å². The Bertz CT molecular complexity index is 398. The van der Waals surface area contributed by atoms with E-state index in [1.807, 2.05) is 18.2 Å². The van der Waals surface area contributed by atoms with Gasteiger partial charge in [-0.05, 0) is 42.5 Å². The van der Waals surface area contributed by atoms with E-state index in [0.717, 1.165) is 19.3 Å². The minimum absolute atomic E-state index is 0.190. The summed E-state index contributed by atoms with van der Waals surface area (Å²) in [5.74, 6) is 0.349. The number of carbonyl (C=O) groups is 1. The minimum Gasteiger partial charge on any atom is -0.427 e. The summed E-state index contributed by atoms with van der Waals surface area (Å²) in [5.41, 5.74) is 2.46. The van der Waals surface area contributed by atoms with Crippen molar-refractivity contribution in [3.05, 3.63) is 29.3 Å². The van der Waals surface area contributed by atoms with Gasteiger partial charge < -0.3 is 9.47 Å². The summed E-state index contributed by atoms with van der Waals surface area (Å²) in [6.45, 7) is 1.41. The molecule has 1 aliphatic rings. The van der Waals surface area contributed by atoms with Crippen molar-refractivity contribution in [3.8, 4) is 5.75 Å². The molecule has 2 rings (SSSR count). The fraction of sp³-hybridized carbons (Fsp3) is 0.462. The summed E-state index contributed by atoms with van der Waals surface area (Å²) < 4.78 is 10.5. The first-order valence-corrected chi connectivity index (χ1v) is 5.54. The Balaban J connectivity index is 2.28. The van der Waals surface area contributed by atoms with Crippen LogP contribution in [-0.2, 0) is 16.0 Å². The third-order valence-corrected chi connectivity index (χ3v) is 2.92. The van der Waals surface area contributed by atoms with Crippen molar-refractivity contribution in [2.24, 2.45) is 0 Å². The average Bonchev–Trinajstić information content (AvgIpc) is 2.27. The zero-order valence-corrected chi connectivity index (χ0v) is 9.66. The molecule has 0 aliphatic heterocycles. The van der Waals surface area contributed by atoms with E-state index in [0.29, 0.717) is 5.75 Å². The van der Waals surface area contributed by atoms with Crippen LogP contribution in [0, 0.1) is 0 Å². The van der Waals surface area contributed by atoms with Gasteiger partial charge in [-0.15, -0.1) is 0 Å². The number of fused-ring (bicyclic) bond motifs is 1. The first-order valence-electron chi connectivity index (χ1n) is 5.54. The number of benzene rings is 1. The molecule has 0 N–H and O–H groups in total. The third-order valence-electron chi connectivity index (χ3n) is 2.92. The molecule has 0 saturated heterocycles. The number of hydrogen-bond acceptors (Lipinski definition) is 3. The second-order valence-electron chi connectivity index (χ2n) is 4.07. The SMILES string of the molecule is COC1CCCc2cc(OC(C)=O)ccc21. The van der Waals surface area contributed by atoms with Crippen LogP contribution in [-0.4, -0.2) is 13.1 Å². The molecule has 16 heavy (non-hydrogen) atoms. The van der Waals surface area contributed by atoms with Crippen LogP contribution in [0.4, 0.5) is 0 Å². The quantitative estimate of drug-likeness (QED) is 0.567. The highest BCUT2D eigenvalue weighted by Crippen LogP contribution is 2.33. The molecule has 0 spiro atoms. The van der Waals surface area contributed by atoms with E-state index in [9.17, 15) is 4.79 Å². The van der Waals surface area contributed by atoms with E-state index in [2.05, 4.69) is 0 Å². The third kappa shape index (κ3) is 2.25. The fourth-order valence-electron chi connectivity index (χ4n) is 2.22. The Kier molecular flexibility index (Phi) is 3.25. The van der Waals surface area contributed by atoms with Gasteiger partial charge in [-0.2, -0.15) is 0 Å². The van der Waals surface area contributed by atoms with Gasteiger partial charge in [0.1, 0.15) is 5.75 Å². The average molecular weight is 220 g/mol. The van der Waals surface area contributed by atoms with Gasteiger partial charge in [0.25, 0.3) is 0 Å². The first-order chi connectivity index (χ1) is 7.70. The van der Waals surface area contributed by atoms with Crippen molar-refractivity contribution in [1.29, 1.82) is 0 Å². The molecule has 0 amide bonds. The van der Waals surface area contributed by atoms with Crippen molar-refractivity contribution >= 4 is 5.97 Å². The van der Waals surface area contributed by atoms with Crippen molar-refractivity contribution in [1.82, 2.24) is 0 Å². The summed E-state index contributed by atoms with van der Waals surface area (Å²) in [5, 5.41) is 0. The number of carbonyl (C=O) groups excluding carboxylic acids is 1. The van der Waals surface area contributed by atoms with Crippen LogP contribution >= 0.6 is 0 Å². The first kappa shape index (κ1) is 11.1. The fourth-order valence-corrected chi connectivity index (χ4v) is 2.22. The Hall–Kier alpha value is -1.35. The van der Waals surface area contributed by atoms with Gasteiger partial charge in [0.2, 0.25) is 0 Å². The molecule has 1 aliphatic carbocycles. The normalized spacial score (nSPS) is 19.0. The molecule has 3 heteroatoms. The largest absolute Gasteiger partial charge is 0.427 e. The second kappa shape index (κ2) is 4.66. The highest BCUT2D eigenvalue weighted by molar-refractivity contribution is 5.69. The van der Waals surface area contributed by atoms with Gasteiger partial charge in [0.05, 0.1) is 6.10 Å². The van der Waals surface area contributed by atoms with E-state index in [4.69, 9.17) is 9.47 Å². The maximum Gasteiger partial charge on any atom is 0.308 e. The molecule has 1 unspecified atom stereocenters. The zero-order chi connectivity index (χ0) is 11.5. The number of esters is 1. The lowest BCUT2D eigenvalue weighted by Crippen LogP contribution is -2.12. The van der Waals surface area contributed by atoms with E-state index in [1.165, 1.54) is 18.1 Å². The van der Waals surface area contributed by atoms with Crippen molar-refractivity contribution in [3.63, 3.8) is 0 Å². The predicted octanol–water partition coefficient (Wildman–Crippen LogP) is 2.64. The summed E-state index contributed by atoms with van der Waals surface area (Å²) in [6.07, 6.45) is 3.41. The number of aryl methyl sites for hydroxylation is 1. The smallest absolute Gasteiger partial charge is 0.308 e. The standard InChI is InChI=1S/C13H16O3/c1-9(14)16-11-6-7-12-10(8-11)4-3-5-13(12)15-2/h6-8,13H,3-5H2,1-2H3. The number of rotatable bonds is 2. The van der Waals surface area contributed by atoms with Crippen molar-refractivity contribution in [2.45, 2.75) is 32.3 Å². The van der Waals surface area contributed by atoms with E-state index < -0.39 is 0 Å². The molecule has 0 heterocycles. The van der Waals surface area contributed by atoms with E-state index in [-0.39, 0.29) is 12.1 Å². The minimum atomic E-state index is -0.279.